The van der Waals surface area contributed by atoms with Crippen molar-refractivity contribution in [1.29, 1.82) is 0 Å². The number of Topliss-reactive ketones (excluding diaryl/α,β-unsaturated/α-hetero) is 1. The van der Waals surface area contributed by atoms with E-state index in [0.29, 0.717) is 19.6 Å². The Balaban J connectivity index is 2.39. The first kappa shape index (κ1) is 11.5. The predicted molar refractivity (Wildman–Crippen MR) is 52.7 cm³/mol. The van der Waals surface area contributed by atoms with E-state index in [4.69, 9.17) is 8.92 Å². The second kappa shape index (κ2) is 5.36. The van der Waals surface area contributed by atoms with Crippen molar-refractivity contribution in [2.24, 2.45) is 11.8 Å². The highest BCUT2D eigenvalue weighted by Gasteiger charge is 2.45. The van der Waals surface area contributed by atoms with Crippen LogP contribution in [0.3, 0.4) is 0 Å². The average Bonchev–Trinajstić information content (AvgIpc) is 2.15. The Morgan fingerprint density at radius 1 is 1.64 bits per heavy atom. The van der Waals surface area contributed by atoms with Gasteiger partial charge in [0.25, 0.3) is 0 Å². The van der Waals surface area contributed by atoms with E-state index in [2.05, 4.69) is 0 Å². The van der Waals surface area contributed by atoms with E-state index >= 15 is 0 Å². The third kappa shape index (κ3) is 2.48. The minimum Gasteiger partial charge on any atom is -0.466 e. The van der Waals surface area contributed by atoms with Crippen molar-refractivity contribution in [3.63, 3.8) is 0 Å². The van der Waals surface area contributed by atoms with Gasteiger partial charge in [0.15, 0.2) is 0 Å². The van der Waals surface area contributed by atoms with E-state index in [-0.39, 0.29) is 23.6 Å². The molecule has 0 aliphatic heterocycles. The topological polar surface area (TPSA) is 52.6 Å². The van der Waals surface area contributed by atoms with Gasteiger partial charge in [-0.2, -0.15) is 0 Å². The molecule has 1 fully saturated rings. The van der Waals surface area contributed by atoms with Crippen LogP contribution >= 0.6 is 12.0 Å². The molecule has 0 N–H and O–H groups in total. The molecule has 80 valence electrons. The van der Waals surface area contributed by atoms with Crippen molar-refractivity contribution >= 4 is 23.8 Å². The molecular formula is C9H14O4S. The third-order valence-corrected chi connectivity index (χ3v) is 2.65. The summed E-state index contributed by atoms with van der Waals surface area (Å²) in [5.74, 6) is -0.755. The molecule has 0 amide bonds. The molecule has 0 spiro atoms. The van der Waals surface area contributed by atoms with Crippen LogP contribution in [0.1, 0.15) is 13.3 Å². The number of rotatable bonds is 5. The van der Waals surface area contributed by atoms with Crippen LogP contribution in [0, 0.1) is 11.8 Å². The van der Waals surface area contributed by atoms with Crippen LogP contribution in [0.25, 0.3) is 0 Å². The molecule has 0 bridgehead atoms. The number of hydrogen-bond donors (Lipinski definition) is 0. The molecule has 2 unspecified atom stereocenters. The van der Waals surface area contributed by atoms with Crippen molar-refractivity contribution in [2.45, 2.75) is 13.3 Å². The van der Waals surface area contributed by atoms with Crippen molar-refractivity contribution < 1.29 is 18.5 Å². The van der Waals surface area contributed by atoms with Gasteiger partial charge in [-0.1, -0.05) is 0 Å². The molecule has 1 aliphatic carbocycles. The van der Waals surface area contributed by atoms with Gasteiger partial charge >= 0.3 is 5.97 Å². The molecule has 2 atom stereocenters. The Hall–Kier alpha value is -0.550. The molecule has 0 heterocycles. The second-order valence-electron chi connectivity index (χ2n) is 3.09. The summed E-state index contributed by atoms with van der Waals surface area (Å²) in [6.45, 7) is 2.43. The molecule has 0 aromatic rings. The minimum atomic E-state index is -0.290. The van der Waals surface area contributed by atoms with Crippen molar-refractivity contribution in [2.75, 3.05) is 19.5 Å². The van der Waals surface area contributed by atoms with Crippen molar-refractivity contribution in [1.82, 2.24) is 0 Å². The predicted octanol–water partition coefficient (Wildman–Crippen LogP) is 1.05. The molecule has 14 heavy (non-hydrogen) atoms. The fourth-order valence-electron chi connectivity index (χ4n) is 1.42. The zero-order valence-corrected chi connectivity index (χ0v) is 9.13. The first-order chi connectivity index (χ1) is 6.70. The summed E-state index contributed by atoms with van der Waals surface area (Å²) >= 11 is 1.20. The van der Waals surface area contributed by atoms with Gasteiger partial charge in [-0.15, -0.1) is 0 Å². The van der Waals surface area contributed by atoms with Gasteiger partial charge in [0, 0.05) is 12.7 Å². The summed E-state index contributed by atoms with van der Waals surface area (Å²) in [6, 6.07) is 0. The molecule has 0 radical (unpaired) electrons. The molecule has 1 saturated carbocycles. The second-order valence-corrected chi connectivity index (χ2v) is 3.66. The van der Waals surface area contributed by atoms with Crippen molar-refractivity contribution in [3.8, 4) is 0 Å². The number of ketones is 1. The fraction of sp³-hybridized carbons (Fsp3) is 0.778. The minimum absolute atomic E-state index is 0.0945. The lowest BCUT2D eigenvalue weighted by atomic mass is 9.73. The fourth-order valence-corrected chi connectivity index (χ4v) is 1.70. The molecule has 0 aromatic carbocycles. The molecule has 1 aliphatic rings. The van der Waals surface area contributed by atoms with Gasteiger partial charge in [0.1, 0.15) is 5.78 Å². The standard InChI is InChI=1S/C9H14O4S/c1-3-12-9(11)6-4-8(10)7(6)5-13-14-2/h6-7H,3-5H2,1-2H3. The van der Waals surface area contributed by atoms with Crippen LogP contribution in [0.5, 0.6) is 0 Å². The number of carbonyl (C=O) groups is 2. The molecule has 5 heteroatoms. The van der Waals surface area contributed by atoms with Crippen LogP contribution in [-0.2, 0) is 18.5 Å². The number of carbonyl (C=O) groups excluding carboxylic acids is 2. The van der Waals surface area contributed by atoms with Crippen LogP contribution in [0.2, 0.25) is 0 Å². The van der Waals surface area contributed by atoms with E-state index in [1.165, 1.54) is 12.0 Å². The summed E-state index contributed by atoms with van der Waals surface area (Å²) in [6.07, 6.45) is 2.09. The molecule has 1 rings (SSSR count). The summed E-state index contributed by atoms with van der Waals surface area (Å²) in [4.78, 5) is 22.5. The Morgan fingerprint density at radius 3 is 2.86 bits per heavy atom. The SMILES string of the molecule is CCOC(=O)C1CC(=O)C1COSC. The Labute approximate surface area is 87.5 Å². The van der Waals surface area contributed by atoms with Crippen LogP contribution < -0.4 is 0 Å². The van der Waals surface area contributed by atoms with Gasteiger partial charge in [-0.25, -0.2) is 0 Å². The van der Waals surface area contributed by atoms with Gasteiger partial charge in [-0.3, -0.25) is 9.59 Å². The van der Waals surface area contributed by atoms with Crippen LogP contribution in [0.4, 0.5) is 0 Å². The lowest BCUT2D eigenvalue weighted by Crippen LogP contribution is -2.45. The van der Waals surface area contributed by atoms with Gasteiger partial charge in [0.2, 0.25) is 0 Å². The quantitative estimate of drug-likeness (QED) is 0.510. The largest absolute Gasteiger partial charge is 0.466 e. The first-order valence-electron chi connectivity index (χ1n) is 4.55. The molecule has 0 aromatic heterocycles. The summed E-state index contributed by atoms with van der Waals surface area (Å²) < 4.78 is 9.91. The maximum atomic E-state index is 11.3. The lowest BCUT2D eigenvalue weighted by Gasteiger charge is -2.32. The Morgan fingerprint density at radius 2 is 2.36 bits per heavy atom. The van der Waals surface area contributed by atoms with E-state index in [1.807, 2.05) is 0 Å². The Bertz CT molecular complexity index is 229. The van der Waals surface area contributed by atoms with Gasteiger partial charge in [0.05, 0.1) is 25.0 Å². The van der Waals surface area contributed by atoms with Crippen molar-refractivity contribution in [3.05, 3.63) is 0 Å². The monoisotopic (exact) mass is 218 g/mol. The first-order valence-corrected chi connectivity index (χ1v) is 5.70. The van der Waals surface area contributed by atoms with Gasteiger partial charge < -0.3 is 8.92 Å². The highest BCUT2D eigenvalue weighted by molar-refractivity contribution is 7.93. The maximum absolute atomic E-state index is 11.3. The third-order valence-electron chi connectivity index (χ3n) is 2.28. The van der Waals surface area contributed by atoms with E-state index in [1.54, 1.807) is 13.2 Å². The summed E-state index contributed by atoms with van der Waals surface area (Å²) in [5, 5.41) is 0. The van der Waals surface area contributed by atoms with Gasteiger partial charge in [-0.05, 0) is 19.0 Å². The lowest BCUT2D eigenvalue weighted by molar-refractivity contribution is -0.161. The molecule has 0 saturated heterocycles. The normalized spacial score (nSPS) is 25.7. The summed E-state index contributed by atoms with van der Waals surface area (Å²) in [5.41, 5.74) is 0. The molecular weight excluding hydrogens is 204 g/mol. The zero-order valence-electron chi connectivity index (χ0n) is 8.32. The maximum Gasteiger partial charge on any atom is 0.310 e. The Kier molecular flexibility index (Phi) is 4.41. The van der Waals surface area contributed by atoms with Crippen LogP contribution in [-0.4, -0.2) is 31.2 Å². The van der Waals surface area contributed by atoms with E-state index < -0.39 is 0 Å². The van der Waals surface area contributed by atoms with E-state index in [9.17, 15) is 9.59 Å². The number of hydrogen-bond acceptors (Lipinski definition) is 5. The number of ether oxygens (including phenoxy) is 1. The smallest absolute Gasteiger partial charge is 0.310 e. The average molecular weight is 218 g/mol. The highest BCUT2D eigenvalue weighted by Crippen LogP contribution is 2.32. The number of esters is 1. The molecule has 4 nitrogen and oxygen atoms in total. The zero-order chi connectivity index (χ0) is 10.6. The highest BCUT2D eigenvalue weighted by atomic mass is 32.2. The summed E-state index contributed by atoms with van der Waals surface area (Å²) in [7, 11) is 0. The van der Waals surface area contributed by atoms with Crippen LogP contribution in [0.15, 0.2) is 0 Å². The van der Waals surface area contributed by atoms with E-state index in [0.717, 1.165) is 0 Å².